The SMILES string of the molecule is CC.[CH-]=Cc1ccccc1C(=O)O.[Y]. The van der Waals surface area contributed by atoms with Gasteiger partial charge in [-0.3, -0.25) is 6.58 Å². The fraction of sp³-hybridized carbons (Fsp3) is 0.182. The van der Waals surface area contributed by atoms with Gasteiger partial charge in [0.15, 0.2) is 0 Å². The molecule has 0 aliphatic heterocycles. The van der Waals surface area contributed by atoms with Gasteiger partial charge in [-0.05, 0) is 5.56 Å². The van der Waals surface area contributed by atoms with E-state index in [-0.39, 0.29) is 38.3 Å². The smallest absolute Gasteiger partial charge is 0.318 e. The van der Waals surface area contributed by atoms with E-state index < -0.39 is 5.97 Å². The summed E-state index contributed by atoms with van der Waals surface area (Å²) in [5.41, 5.74) is 0.773. The van der Waals surface area contributed by atoms with Crippen molar-refractivity contribution in [1.29, 1.82) is 0 Å². The monoisotopic (exact) mass is 266 g/mol. The summed E-state index contributed by atoms with van der Waals surface area (Å²) >= 11 is 0. The summed E-state index contributed by atoms with van der Waals surface area (Å²) < 4.78 is 0. The van der Waals surface area contributed by atoms with Crippen LogP contribution in [0.4, 0.5) is 0 Å². The van der Waals surface area contributed by atoms with Crippen molar-refractivity contribution < 1.29 is 42.6 Å². The molecule has 3 heteroatoms. The van der Waals surface area contributed by atoms with Gasteiger partial charge in [-0.15, -0.1) is 6.07 Å². The van der Waals surface area contributed by atoms with Crippen LogP contribution >= 0.6 is 0 Å². The second-order valence-electron chi connectivity index (χ2n) is 2.06. The van der Waals surface area contributed by atoms with Crippen molar-refractivity contribution >= 4 is 12.0 Å². The quantitative estimate of drug-likeness (QED) is 0.836. The number of aromatic carboxylic acids is 1. The zero-order valence-electron chi connectivity index (χ0n) is 8.40. The van der Waals surface area contributed by atoms with Crippen molar-refractivity contribution in [2.24, 2.45) is 0 Å². The van der Waals surface area contributed by atoms with Crippen LogP contribution in [0.5, 0.6) is 0 Å². The normalized spacial score (nSPS) is 7.57. The third-order valence-corrected chi connectivity index (χ3v) is 1.37. The molecule has 1 radical (unpaired) electrons. The van der Waals surface area contributed by atoms with Crippen molar-refractivity contribution in [3.05, 3.63) is 42.0 Å². The van der Waals surface area contributed by atoms with Crippen LogP contribution in [0.3, 0.4) is 0 Å². The molecule has 0 saturated carbocycles. The fourth-order valence-electron chi connectivity index (χ4n) is 0.837. The molecule has 1 aromatic rings. The first-order valence-corrected chi connectivity index (χ1v) is 4.13. The number of rotatable bonds is 2. The van der Waals surface area contributed by atoms with Crippen molar-refractivity contribution in [2.75, 3.05) is 0 Å². The first kappa shape index (κ1) is 16.0. The van der Waals surface area contributed by atoms with Crippen LogP contribution in [0.1, 0.15) is 29.8 Å². The maximum Gasteiger partial charge on any atom is 0.318 e. The van der Waals surface area contributed by atoms with Gasteiger partial charge in [0.2, 0.25) is 0 Å². The molecular formula is C11H13O2Y-. The average Bonchev–Trinajstić information content (AvgIpc) is 2.20. The molecule has 0 bridgehead atoms. The first-order chi connectivity index (χ1) is 6.25. The third kappa shape index (κ3) is 4.68. The maximum absolute atomic E-state index is 10.5. The Kier molecular flexibility index (Phi) is 10.4. The van der Waals surface area contributed by atoms with Gasteiger partial charge in [0, 0.05) is 32.7 Å². The molecule has 0 aliphatic rings. The van der Waals surface area contributed by atoms with Crippen molar-refractivity contribution in [3.8, 4) is 0 Å². The van der Waals surface area contributed by atoms with Gasteiger partial charge in [0.25, 0.3) is 0 Å². The molecule has 0 spiro atoms. The maximum atomic E-state index is 10.5. The fourth-order valence-corrected chi connectivity index (χ4v) is 0.837. The number of benzene rings is 1. The first-order valence-electron chi connectivity index (χ1n) is 4.13. The van der Waals surface area contributed by atoms with Crippen LogP contribution in [0.25, 0.3) is 6.08 Å². The largest absolute Gasteiger partial charge is 0.479 e. The Morgan fingerprint density at radius 1 is 1.36 bits per heavy atom. The second-order valence-corrected chi connectivity index (χ2v) is 2.06. The molecule has 0 aliphatic carbocycles. The Labute approximate surface area is 110 Å². The van der Waals surface area contributed by atoms with Gasteiger partial charge in [0.05, 0.1) is 0 Å². The van der Waals surface area contributed by atoms with Gasteiger partial charge in [-0.1, -0.05) is 32.0 Å². The molecule has 0 unspecified atom stereocenters. The Bertz CT molecular complexity index is 295. The van der Waals surface area contributed by atoms with E-state index in [9.17, 15) is 4.79 Å². The Hall–Kier alpha value is -0.466. The van der Waals surface area contributed by atoms with E-state index in [0.717, 1.165) is 0 Å². The zero-order chi connectivity index (χ0) is 10.3. The van der Waals surface area contributed by atoms with Gasteiger partial charge in [-0.25, -0.2) is 10.9 Å². The van der Waals surface area contributed by atoms with Crippen LogP contribution in [0, 0.1) is 6.58 Å². The van der Waals surface area contributed by atoms with Crippen LogP contribution in [-0.2, 0) is 32.7 Å². The zero-order valence-corrected chi connectivity index (χ0v) is 11.2. The third-order valence-electron chi connectivity index (χ3n) is 1.37. The van der Waals surface area contributed by atoms with Crippen molar-refractivity contribution in [3.63, 3.8) is 0 Å². The predicted octanol–water partition coefficient (Wildman–Crippen LogP) is 2.85. The van der Waals surface area contributed by atoms with E-state index in [1.165, 1.54) is 12.1 Å². The molecule has 1 aromatic carbocycles. The molecule has 73 valence electrons. The van der Waals surface area contributed by atoms with Gasteiger partial charge >= 0.3 is 5.97 Å². The van der Waals surface area contributed by atoms with E-state index in [1.807, 2.05) is 13.8 Å². The molecule has 0 saturated heterocycles. The van der Waals surface area contributed by atoms with E-state index in [0.29, 0.717) is 5.56 Å². The molecule has 1 rings (SSSR count). The summed E-state index contributed by atoms with van der Waals surface area (Å²) in [6.07, 6.45) is 1.28. The minimum atomic E-state index is -0.956. The van der Waals surface area contributed by atoms with Crippen LogP contribution in [-0.4, -0.2) is 11.1 Å². The molecule has 0 heterocycles. The predicted molar refractivity (Wildman–Crippen MR) is 53.5 cm³/mol. The Morgan fingerprint density at radius 3 is 2.21 bits per heavy atom. The van der Waals surface area contributed by atoms with E-state index in [4.69, 9.17) is 11.7 Å². The summed E-state index contributed by atoms with van der Waals surface area (Å²) in [4.78, 5) is 10.5. The minimum Gasteiger partial charge on any atom is -0.479 e. The number of hydrogen-bond donors (Lipinski definition) is 1. The van der Waals surface area contributed by atoms with Gasteiger partial charge < -0.3 is 5.11 Å². The topological polar surface area (TPSA) is 37.3 Å². The number of hydrogen-bond acceptors (Lipinski definition) is 1. The average molecular weight is 266 g/mol. The van der Waals surface area contributed by atoms with E-state index in [2.05, 4.69) is 0 Å². The minimum absolute atomic E-state index is 0. The standard InChI is InChI=1S/C9H7O2.C2H6.Y/c1-2-7-5-3-4-6-8(7)9(10)11;1-2;/h1-6H,(H,10,11);1-2H3;/q-1;;. The Morgan fingerprint density at radius 2 is 1.86 bits per heavy atom. The van der Waals surface area contributed by atoms with Gasteiger partial charge in [-0.2, -0.15) is 5.56 Å². The summed E-state index contributed by atoms with van der Waals surface area (Å²) in [5, 5.41) is 8.62. The van der Waals surface area contributed by atoms with Crippen molar-refractivity contribution in [2.45, 2.75) is 13.8 Å². The summed E-state index contributed by atoms with van der Waals surface area (Å²) in [6, 6.07) is 6.58. The number of carboxylic acid groups (broad SMARTS) is 1. The van der Waals surface area contributed by atoms with Crippen LogP contribution < -0.4 is 0 Å². The second kappa shape index (κ2) is 9.10. The summed E-state index contributed by atoms with van der Waals surface area (Å²) in [5.74, 6) is -0.956. The van der Waals surface area contributed by atoms with Crippen molar-refractivity contribution in [1.82, 2.24) is 0 Å². The van der Waals surface area contributed by atoms with Crippen LogP contribution in [0.15, 0.2) is 24.3 Å². The molecule has 1 N–H and O–H groups in total. The molecule has 2 nitrogen and oxygen atoms in total. The number of carboxylic acids is 1. The number of carbonyl (C=O) groups is 1. The van der Waals surface area contributed by atoms with Gasteiger partial charge in [0.1, 0.15) is 0 Å². The van der Waals surface area contributed by atoms with Crippen LogP contribution in [0.2, 0.25) is 0 Å². The van der Waals surface area contributed by atoms with E-state index in [1.54, 1.807) is 18.2 Å². The molecule has 0 amide bonds. The molecule has 0 aromatic heterocycles. The molecule has 0 atom stereocenters. The van der Waals surface area contributed by atoms with E-state index >= 15 is 0 Å². The molecule has 0 fully saturated rings. The molecular weight excluding hydrogens is 253 g/mol. The molecule has 14 heavy (non-hydrogen) atoms. The summed E-state index contributed by atoms with van der Waals surface area (Å²) in [7, 11) is 0. The Balaban J connectivity index is 0. The summed E-state index contributed by atoms with van der Waals surface area (Å²) in [6.45, 7) is 9.20.